The van der Waals surface area contributed by atoms with Crippen LogP contribution in [0.2, 0.25) is 0 Å². The van der Waals surface area contributed by atoms with Crippen molar-refractivity contribution < 1.29 is 14.4 Å². The zero-order valence-electron chi connectivity index (χ0n) is 16.6. The molecule has 0 N–H and O–H groups in total. The molecule has 1 saturated carbocycles. The molecule has 0 aliphatic heterocycles. The highest BCUT2D eigenvalue weighted by Gasteiger charge is 2.63. The van der Waals surface area contributed by atoms with Gasteiger partial charge < -0.3 is 4.79 Å². The number of carbonyl (C=O) groups excluding carboxylic acids is 3. The number of carbonyl (C=O) groups is 3. The maximum atomic E-state index is 13.6. The largest absolute Gasteiger partial charge is 0.303 e. The lowest BCUT2D eigenvalue weighted by Gasteiger charge is -2.58. The first-order valence-electron chi connectivity index (χ1n) is 10.7. The average molecular weight is 376 g/mol. The van der Waals surface area contributed by atoms with Gasteiger partial charge in [0.05, 0.1) is 0 Å². The van der Waals surface area contributed by atoms with Crippen molar-refractivity contribution in [2.45, 2.75) is 58.3 Å². The normalized spacial score (nSPS) is 43.9. The summed E-state index contributed by atoms with van der Waals surface area (Å²) in [4.78, 5) is 39.4. The van der Waals surface area contributed by atoms with Crippen molar-refractivity contribution in [1.29, 1.82) is 0 Å². The molecule has 0 amide bonds. The minimum Gasteiger partial charge on any atom is -0.303 e. The molecule has 5 aliphatic carbocycles. The van der Waals surface area contributed by atoms with Gasteiger partial charge in [0.1, 0.15) is 6.29 Å². The first-order valence-corrected chi connectivity index (χ1v) is 10.7. The van der Waals surface area contributed by atoms with Gasteiger partial charge in [0.15, 0.2) is 11.6 Å². The van der Waals surface area contributed by atoms with Crippen molar-refractivity contribution in [1.82, 2.24) is 0 Å². The van der Waals surface area contributed by atoms with Gasteiger partial charge in [-0.2, -0.15) is 0 Å². The van der Waals surface area contributed by atoms with Gasteiger partial charge in [0, 0.05) is 22.3 Å². The van der Waals surface area contributed by atoms with E-state index in [2.05, 4.69) is 31.2 Å². The molecule has 28 heavy (non-hydrogen) atoms. The molecule has 0 unspecified atom stereocenters. The van der Waals surface area contributed by atoms with Crippen molar-refractivity contribution in [2.24, 2.45) is 28.6 Å². The van der Waals surface area contributed by atoms with Crippen molar-refractivity contribution in [3.05, 3.63) is 47.1 Å². The van der Waals surface area contributed by atoms with Gasteiger partial charge in [-0.15, -0.1) is 0 Å². The monoisotopic (exact) mass is 376 g/mol. The Hall–Kier alpha value is -2.03. The van der Waals surface area contributed by atoms with Crippen molar-refractivity contribution >= 4 is 17.9 Å². The Kier molecular flexibility index (Phi) is 4.01. The maximum Gasteiger partial charge on any atom is 0.163 e. The van der Waals surface area contributed by atoms with Crippen LogP contribution in [0.15, 0.2) is 47.1 Å². The predicted octanol–water partition coefficient (Wildman–Crippen LogP) is 4.69. The Morgan fingerprint density at radius 3 is 2.86 bits per heavy atom. The van der Waals surface area contributed by atoms with Crippen LogP contribution in [0.25, 0.3) is 0 Å². The van der Waals surface area contributed by atoms with Crippen LogP contribution in [0.4, 0.5) is 0 Å². The van der Waals surface area contributed by atoms with Crippen LogP contribution in [0, 0.1) is 28.6 Å². The smallest absolute Gasteiger partial charge is 0.163 e. The minimum absolute atomic E-state index is 0.00736. The maximum absolute atomic E-state index is 13.6. The van der Waals surface area contributed by atoms with Crippen LogP contribution >= 0.6 is 0 Å². The summed E-state index contributed by atoms with van der Waals surface area (Å²) in [7, 11) is 0. The van der Waals surface area contributed by atoms with Gasteiger partial charge in [-0.3, -0.25) is 9.59 Å². The summed E-state index contributed by atoms with van der Waals surface area (Å²) >= 11 is 0. The summed E-state index contributed by atoms with van der Waals surface area (Å²) in [6, 6.07) is 0. The van der Waals surface area contributed by atoms with E-state index in [-0.39, 0.29) is 34.7 Å². The molecule has 0 aromatic heterocycles. The predicted molar refractivity (Wildman–Crippen MR) is 107 cm³/mol. The molecule has 3 nitrogen and oxygen atoms in total. The van der Waals surface area contributed by atoms with Crippen LogP contribution < -0.4 is 0 Å². The molecule has 1 fully saturated rings. The second-order valence-corrected chi connectivity index (χ2v) is 9.76. The van der Waals surface area contributed by atoms with Crippen molar-refractivity contribution in [3.8, 4) is 0 Å². The molecule has 0 aromatic rings. The lowest BCUT2D eigenvalue weighted by molar-refractivity contribution is -0.153. The van der Waals surface area contributed by atoms with E-state index in [1.165, 1.54) is 11.1 Å². The highest BCUT2D eigenvalue weighted by atomic mass is 16.1. The summed E-state index contributed by atoms with van der Waals surface area (Å²) in [6.07, 6.45) is 17.9. The van der Waals surface area contributed by atoms with E-state index in [1.807, 2.05) is 0 Å². The van der Waals surface area contributed by atoms with E-state index in [1.54, 1.807) is 6.08 Å². The first-order chi connectivity index (χ1) is 13.5. The zero-order chi connectivity index (χ0) is 19.5. The number of hydrogen-bond donors (Lipinski definition) is 0. The van der Waals surface area contributed by atoms with Crippen molar-refractivity contribution in [3.63, 3.8) is 0 Å². The Labute approximate surface area is 166 Å². The average Bonchev–Trinajstić information content (AvgIpc) is 2.68. The molecule has 0 saturated heterocycles. The molecule has 0 radical (unpaired) electrons. The fourth-order valence-corrected chi connectivity index (χ4v) is 6.82. The van der Waals surface area contributed by atoms with Crippen molar-refractivity contribution in [2.75, 3.05) is 0 Å². The van der Waals surface area contributed by atoms with E-state index < -0.39 is 5.41 Å². The molecule has 3 heteroatoms. The molecule has 0 aromatic carbocycles. The van der Waals surface area contributed by atoms with Gasteiger partial charge >= 0.3 is 0 Å². The third-order valence-corrected chi connectivity index (χ3v) is 8.33. The molecule has 1 spiro atoms. The molecular weight excluding hydrogens is 348 g/mol. The number of hydrogen-bond acceptors (Lipinski definition) is 3. The highest BCUT2D eigenvalue weighted by molar-refractivity contribution is 6.13. The van der Waals surface area contributed by atoms with E-state index in [0.29, 0.717) is 24.8 Å². The zero-order valence-corrected chi connectivity index (χ0v) is 16.6. The topological polar surface area (TPSA) is 51.2 Å². The van der Waals surface area contributed by atoms with Crippen LogP contribution in [0.1, 0.15) is 58.3 Å². The Morgan fingerprint density at radius 1 is 1.18 bits per heavy atom. The van der Waals surface area contributed by atoms with E-state index >= 15 is 0 Å². The van der Waals surface area contributed by atoms with Crippen LogP contribution in [-0.4, -0.2) is 17.9 Å². The number of Topliss-reactive ketones (excluding diaryl/α,β-unsaturated/α-hetero) is 1. The fourth-order valence-electron chi connectivity index (χ4n) is 6.82. The Bertz CT molecular complexity index is 885. The lowest BCUT2D eigenvalue weighted by Crippen LogP contribution is -2.59. The molecular formula is C25H28O3. The van der Waals surface area contributed by atoms with Gasteiger partial charge in [-0.05, 0) is 76.2 Å². The van der Waals surface area contributed by atoms with Crippen LogP contribution in [0.5, 0.6) is 0 Å². The second kappa shape index (κ2) is 6.23. The fraction of sp³-hybridized carbons (Fsp3) is 0.560. The summed E-state index contributed by atoms with van der Waals surface area (Å²) in [5.74, 6) is 0.286. The minimum atomic E-state index is -0.622. The van der Waals surface area contributed by atoms with E-state index in [4.69, 9.17) is 0 Å². The van der Waals surface area contributed by atoms with Gasteiger partial charge in [0.25, 0.3) is 0 Å². The number of rotatable bonds is 1. The second-order valence-electron chi connectivity index (χ2n) is 9.76. The number of aldehydes is 1. The quantitative estimate of drug-likeness (QED) is 0.493. The standard InChI is InChI=1S/C25H28O3/c1-16-5-4-6-17-10-20-13-24(15-26)8-3-2-7-19(24)14-25(20)21(11-17)23(28)18(9-16)12-22(25)27/h2-3,5,10,12,15,19-21H,4,6-9,11,13-14H2,1H3/b16-5-/t19-,20-,21+,24+,25+/m0/s1. The summed E-state index contributed by atoms with van der Waals surface area (Å²) in [5, 5.41) is 0. The number of fused-ring (bicyclic) bond motifs is 3. The van der Waals surface area contributed by atoms with Gasteiger partial charge in [-0.25, -0.2) is 0 Å². The van der Waals surface area contributed by atoms with Gasteiger partial charge in [-0.1, -0.05) is 35.5 Å². The van der Waals surface area contributed by atoms with Crippen LogP contribution in [0.3, 0.4) is 0 Å². The Morgan fingerprint density at radius 2 is 2.04 bits per heavy atom. The lowest BCUT2D eigenvalue weighted by atomic mass is 9.43. The van der Waals surface area contributed by atoms with E-state index in [9.17, 15) is 14.4 Å². The third-order valence-electron chi connectivity index (χ3n) is 8.33. The Balaban J connectivity index is 1.68. The number of allylic oxidation sites excluding steroid dienone is 8. The summed E-state index contributed by atoms with van der Waals surface area (Å²) in [6.45, 7) is 2.06. The molecule has 3 bridgehead atoms. The molecule has 5 atom stereocenters. The first kappa shape index (κ1) is 18.0. The number of ketones is 2. The summed E-state index contributed by atoms with van der Waals surface area (Å²) < 4.78 is 0. The molecule has 146 valence electrons. The molecule has 5 rings (SSSR count). The van der Waals surface area contributed by atoms with Crippen LogP contribution in [-0.2, 0) is 14.4 Å². The summed E-state index contributed by atoms with van der Waals surface area (Å²) in [5.41, 5.74) is 2.21. The van der Waals surface area contributed by atoms with Gasteiger partial charge in [0.2, 0.25) is 0 Å². The SMILES string of the molecule is C/C1=C/CCC2=C[C@H]3C[C@@]4(C=O)CC=CC[C@H]4C[C@@]34C(=O)C=C(C1)C(=O)[C@H]4C2. The molecule has 5 aliphatic rings. The third kappa shape index (κ3) is 2.38. The van der Waals surface area contributed by atoms with E-state index in [0.717, 1.165) is 38.4 Å². The molecule has 0 heterocycles. The highest BCUT2D eigenvalue weighted by Crippen LogP contribution is 2.63.